The van der Waals surface area contributed by atoms with Gasteiger partial charge in [-0.2, -0.15) is 0 Å². The van der Waals surface area contributed by atoms with E-state index in [9.17, 15) is 58.8 Å². The first kappa shape index (κ1) is 52.5. The summed E-state index contributed by atoms with van der Waals surface area (Å²) >= 11 is 0. The largest absolute Gasteiger partial charge is 4.00 e. The number of carboxylic acid groups (broad SMARTS) is 4. The molecule has 4 fully saturated rings. The van der Waals surface area contributed by atoms with Gasteiger partial charge in [0.25, 0.3) is 0 Å². The van der Waals surface area contributed by atoms with Crippen LogP contribution in [-0.4, -0.2) is 96.1 Å². The summed E-state index contributed by atoms with van der Waals surface area (Å²) in [6.45, 7) is 0. The second-order valence-corrected chi connectivity index (χ2v) is 13.4. The normalized spacial score (nSPS) is 18.0. The van der Waals surface area contributed by atoms with Crippen molar-refractivity contribution in [2.45, 2.75) is 153 Å². The molecule has 0 aromatic heterocycles. The molecular weight excluding hydrogens is 855 g/mol. The summed E-state index contributed by atoms with van der Waals surface area (Å²) in [5, 5.41) is 40.0. The van der Waals surface area contributed by atoms with E-state index in [4.69, 9.17) is 18.9 Å². The minimum absolute atomic E-state index is 0. The van der Waals surface area contributed by atoms with Gasteiger partial charge in [0.2, 0.25) is 0 Å². The fraction of sp³-hybridized carbons (Fsp3) is 0.600. The van der Waals surface area contributed by atoms with Gasteiger partial charge in [-0.15, -0.1) is 0 Å². The van der Waals surface area contributed by atoms with E-state index >= 15 is 0 Å². The average molecular weight is 908 g/mol. The molecule has 0 radical (unpaired) electrons. The Hall–Kier alpha value is -4.48. The van der Waals surface area contributed by atoms with Crippen LogP contribution in [0, 0.1) is 0 Å². The number of carboxylic acids is 4. The number of carbonyl (C=O) groups is 8. The van der Waals surface area contributed by atoms with Crippen LogP contribution in [0.5, 0.6) is 0 Å². The zero-order valence-electron chi connectivity index (χ0n) is 32.1. The van der Waals surface area contributed by atoms with Crippen LogP contribution in [0.3, 0.4) is 0 Å². The van der Waals surface area contributed by atoms with Crippen molar-refractivity contribution in [3.63, 3.8) is 0 Å². The zero-order valence-corrected chi connectivity index (χ0v) is 35.0. The minimum atomic E-state index is -1.38. The van der Waals surface area contributed by atoms with Gasteiger partial charge in [-0.05, 0) is 127 Å². The zero-order chi connectivity index (χ0) is 41.6. The third kappa shape index (κ3) is 31.3. The first-order chi connectivity index (χ1) is 26.7. The maximum atomic E-state index is 11.0. The van der Waals surface area contributed by atoms with Crippen LogP contribution in [0.4, 0.5) is 0 Å². The van der Waals surface area contributed by atoms with Crippen LogP contribution in [0.2, 0.25) is 0 Å². The van der Waals surface area contributed by atoms with Crippen LogP contribution in [-0.2, 0) is 57.3 Å². The molecule has 0 atom stereocenters. The van der Waals surface area contributed by atoms with Crippen LogP contribution < -0.4 is 20.4 Å². The van der Waals surface area contributed by atoms with Crippen molar-refractivity contribution in [3.8, 4) is 0 Å². The van der Waals surface area contributed by atoms with Crippen molar-refractivity contribution in [3.05, 3.63) is 48.6 Å². The standard InChI is InChI=1S/4C10H14O4.Sn/c4*11-9(12)6-7-10(13)14-8-4-2-1-3-5-8;/h4*6-8H,1-5H2,(H,11,12);/q;;;;+4/p-4. The molecule has 0 spiro atoms. The van der Waals surface area contributed by atoms with Crippen molar-refractivity contribution in [2.75, 3.05) is 0 Å². The van der Waals surface area contributed by atoms with Gasteiger partial charge in [-0.25, -0.2) is 19.2 Å². The predicted octanol–water partition coefficient (Wildman–Crippen LogP) is 0.293. The summed E-state index contributed by atoms with van der Waals surface area (Å²) in [4.78, 5) is 84.0. The Balaban J connectivity index is 0.000000729. The summed E-state index contributed by atoms with van der Waals surface area (Å²) in [6, 6.07) is 0. The third-order valence-electron chi connectivity index (χ3n) is 8.76. The van der Waals surface area contributed by atoms with Gasteiger partial charge in [0.1, 0.15) is 24.4 Å². The van der Waals surface area contributed by atoms with E-state index in [1.165, 1.54) is 25.7 Å². The number of hydrogen-bond donors (Lipinski definition) is 0. The van der Waals surface area contributed by atoms with E-state index in [0.717, 1.165) is 127 Å². The molecule has 17 heteroatoms. The van der Waals surface area contributed by atoms with Crippen LogP contribution in [0.15, 0.2) is 48.6 Å². The molecule has 0 amide bonds. The van der Waals surface area contributed by atoms with Crippen molar-refractivity contribution in [2.24, 2.45) is 0 Å². The third-order valence-corrected chi connectivity index (χ3v) is 8.76. The van der Waals surface area contributed by atoms with Gasteiger partial charge in [-0.3, -0.25) is 0 Å². The summed E-state index contributed by atoms with van der Waals surface area (Å²) in [5.74, 6) is -7.92. The molecule has 0 heterocycles. The monoisotopic (exact) mass is 908 g/mol. The topological polar surface area (TPSA) is 266 Å². The number of aliphatic carboxylic acids is 4. The maximum Gasteiger partial charge on any atom is 4.00 e. The second-order valence-electron chi connectivity index (χ2n) is 13.4. The molecule has 4 aliphatic carbocycles. The summed E-state index contributed by atoms with van der Waals surface area (Å²) in [7, 11) is 0. The Morgan fingerprint density at radius 3 is 0.596 bits per heavy atom. The SMILES string of the molecule is O=C([O-])C=CC(=O)OC1CCCCC1.O=C([O-])C=CC(=O)OC1CCCCC1.O=C([O-])C=CC(=O)OC1CCCCC1.O=C([O-])C=CC(=O)OC1CCCCC1.[Sn+4]. The minimum Gasteiger partial charge on any atom is -0.545 e. The van der Waals surface area contributed by atoms with E-state index < -0.39 is 47.8 Å². The molecular formula is C40H52O16Sn. The predicted molar refractivity (Wildman–Crippen MR) is 194 cm³/mol. The number of hydrogen-bond acceptors (Lipinski definition) is 16. The van der Waals surface area contributed by atoms with Crippen molar-refractivity contribution in [1.82, 2.24) is 0 Å². The summed E-state index contributed by atoms with van der Waals surface area (Å²) in [6.07, 6.45) is 26.5. The van der Waals surface area contributed by atoms with Crippen LogP contribution >= 0.6 is 0 Å². The van der Waals surface area contributed by atoms with Gasteiger partial charge in [-0.1, -0.05) is 25.7 Å². The molecule has 312 valence electrons. The Labute approximate surface area is 349 Å². The van der Waals surface area contributed by atoms with Gasteiger partial charge in [0.05, 0.1) is 23.9 Å². The van der Waals surface area contributed by atoms with Crippen LogP contribution in [0.25, 0.3) is 0 Å². The Morgan fingerprint density at radius 2 is 0.456 bits per heavy atom. The molecule has 0 aromatic rings. The summed E-state index contributed by atoms with van der Waals surface area (Å²) in [5.41, 5.74) is 0. The number of rotatable bonds is 12. The van der Waals surface area contributed by atoms with Crippen molar-refractivity contribution in [1.29, 1.82) is 0 Å². The molecule has 0 aliphatic heterocycles. The smallest absolute Gasteiger partial charge is 0.545 e. The maximum absolute atomic E-state index is 11.0. The van der Waals surface area contributed by atoms with Crippen LogP contribution in [0.1, 0.15) is 128 Å². The molecule has 57 heavy (non-hydrogen) atoms. The fourth-order valence-electron chi connectivity index (χ4n) is 6.09. The van der Waals surface area contributed by atoms with E-state index in [0.29, 0.717) is 24.3 Å². The van der Waals surface area contributed by atoms with Gasteiger partial charge in [0.15, 0.2) is 0 Å². The molecule has 0 unspecified atom stereocenters. The number of esters is 4. The molecule has 4 saturated carbocycles. The van der Waals surface area contributed by atoms with E-state index in [2.05, 4.69) is 0 Å². The first-order valence-electron chi connectivity index (χ1n) is 19.1. The molecule has 0 N–H and O–H groups in total. The van der Waals surface area contributed by atoms with Crippen molar-refractivity contribution >= 4 is 71.7 Å². The van der Waals surface area contributed by atoms with E-state index in [1.54, 1.807) is 0 Å². The van der Waals surface area contributed by atoms with Crippen molar-refractivity contribution < 1.29 is 77.7 Å². The Bertz CT molecular complexity index is 1170. The second kappa shape index (κ2) is 32.6. The van der Waals surface area contributed by atoms with Gasteiger partial charge >= 0.3 is 47.8 Å². The molecule has 0 aromatic carbocycles. The quantitative estimate of drug-likeness (QED) is 0.110. The number of ether oxygens (including phenoxy) is 4. The first-order valence-corrected chi connectivity index (χ1v) is 19.1. The fourth-order valence-corrected chi connectivity index (χ4v) is 6.09. The molecule has 4 aliphatic rings. The molecule has 16 nitrogen and oxygen atoms in total. The molecule has 0 bridgehead atoms. The van der Waals surface area contributed by atoms with Gasteiger partial charge < -0.3 is 58.6 Å². The Kier molecular flexibility index (Phi) is 30.0. The van der Waals surface area contributed by atoms with E-state index in [1.807, 2.05) is 0 Å². The summed E-state index contributed by atoms with van der Waals surface area (Å²) < 4.78 is 20.1. The number of carbonyl (C=O) groups excluding carboxylic acids is 8. The Morgan fingerprint density at radius 1 is 0.298 bits per heavy atom. The molecule has 4 rings (SSSR count). The molecule has 0 saturated heterocycles. The van der Waals surface area contributed by atoms with Gasteiger partial charge in [0, 0.05) is 24.3 Å². The van der Waals surface area contributed by atoms with E-state index in [-0.39, 0.29) is 48.3 Å². The average Bonchev–Trinajstić information content (AvgIpc) is 3.17.